The number of nitrogens with two attached hydrogens (primary N) is 1. The molecule has 1 heterocycles. The molecule has 5 heteroatoms. The van der Waals surface area contributed by atoms with Crippen molar-refractivity contribution in [3.05, 3.63) is 58.1 Å². The Morgan fingerprint density at radius 3 is 2.50 bits per heavy atom. The molecular weight excluding hydrogens is 390 g/mol. The highest BCUT2D eigenvalue weighted by molar-refractivity contribution is 9.10. The Hall–Kier alpha value is -1.59. The van der Waals surface area contributed by atoms with E-state index in [4.69, 9.17) is 15.6 Å². The van der Waals surface area contributed by atoms with E-state index in [0.717, 1.165) is 23.7 Å². The van der Waals surface area contributed by atoms with Crippen LogP contribution in [0.4, 0.5) is 0 Å². The highest BCUT2D eigenvalue weighted by Gasteiger charge is 2.63. The lowest BCUT2D eigenvalue weighted by molar-refractivity contribution is -0.225. The molecule has 2 spiro atoms. The molecule has 3 atom stereocenters. The molecule has 0 radical (unpaired) electrons. The van der Waals surface area contributed by atoms with E-state index in [2.05, 4.69) is 58.4 Å². The minimum atomic E-state index is -0.689. The molecule has 136 valence electrons. The molecule has 0 amide bonds. The van der Waals surface area contributed by atoms with Crippen molar-refractivity contribution in [2.45, 2.75) is 37.8 Å². The van der Waals surface area contributed by atoms with Crippen LogP contribution in [-0.2, 0) is 17.0 Å². The van der Waals surface area contributed by atoms with Crippen LogP contribution in [0.25, 0.3) is 0 Å². The largest absolute Gasteiger partial charge is 0.368 e. The van der Waals surface area contributed by atoms with Crippen LogP contribution in [0, 0.1) is 17.3 Å². The summed E-state index contributed by atoms with van der Waals surface area (Å²) in [7, 11) is 1.86. The number of hydroxylamine groups is 2. The number of hydrogen-bond donors (Lipinski definition) is 1. The second-order valence-electron chi connectivity index (χ2n) is 8.14. The zero-order chi connectivity index (χ0) is 17.9. The lowest BCUT2D eigenvalue weighted by atomic mass is 9.71. The molecule has 1 aromatic rings. The van der Waals surface area contributed by atoms with Crippen molar-refractivity contribution in [2.75, 3.05) is 7.05 Å². The SMILES string of the molecule is CN1OC2(N=C1N)c1cc(Br)ccc1CC21CCC2C=CC=CC2CC1. The molecule has 1 fully saturated rings. The van der Waals surface area contributed by atoms with Crippen LogP contribution in [0.1, 0.15) is 36.8 Å². The Morgan fingerprint density at radius 2 is 1.88 bits per heavy atom. The van der Waals surface area contributed by atoms with Crippen molar-refractivity contribution in [1.29, 1.82) is 0 Å². The summed E-state index contributed by atoms with van der Waals surface area (Å²) in [6.45, 7) is 0. The van der Waals surface area contributed by atoms with E-state index in [9.17, 15) is 0 Å². The predicted octanol–water partition coefficient (Wildman–Crippen LogP) is 4.27. The Bertz CT molecular complexity index is 824. The molecule has 5 rings (SSSR count). The fourth-order valence-corrected chi connectivity index (χ4v) is 5.82. The summed E-state index contributed by atoms with van der Waals surface area (Å²) >= 11 is 3.64. The summed E-state index contributed by atoms with van der Waals surface area (Å²) in [4.78, 5) is 11.4. The number of halogens is 1. The van der Waals surface area contributed by atoms with Gasteiger partial charge in [-0.3, -0.25) is 0 Å². The molecule has 0 saturated heterocycles. The van der Waals surface area contributed by atoms with E-state index in [1.807, 2.05) is 7.05 Å². The molecular formula is C21H24BrN3O. The van der Waals surface area contributed by atoms with Crippen LogP contribution in [0.5, 0.6) is 0 Å². The van der Waals surface area contributed by atoms with E-state index in [1.165, 1.54) is 24.0 Å². The van der Waals surface area contributed by atoms with Gasteiger partial charge in [0.25, 0.3) is 0 Å². The maximum atomic E-state index is 6.45. The van der Waals surface area contributed by atoms with E-state index < -0.39 is 5.72 Å². The van der Waals surface area contributed by atoms with E-state index in [-0.39, 0.29) is 5.41 Å². The summed E-state index contributed by atoms with van der Waals surface area (Å²) < 4.78 is 1.06. The molecule has 1 aromatic carbocycles. The van der Waals surface area contributed by atoms with E-state index >= 15 is 0 Å². The fraction of sp³-hybridized carbons (Fsp3) is 0.476. The summed E-state index contributed by atoms with van der Waals surface area (Å²) in [5.41, 5.74) is 7.98. The molecule has 3 unspecified atom stereocenters. The topological polar surface area (TPSA) is 50.8 Å². The molecule has 26 heavy (non-hydrogen) atoms. The molecule has 4 aliphatic rings. The molecule has 4 nitrogen and oxygen atoms in total. The van der Waals surface area contributed by atoms with Gasteiger partial charge in [-0.05, 0) is 61.6 Å². The molecule has 1 saturated carbocycles. The van der Waals surface area contributed by atoms with Crippen LogP contribution in [0.2, 0.25) is 0 Å². The maximum Gasteiger partial charge on any atom is 0.220 e. The molecule has 0 bridgehead atoms. The van der Waals surface area contributed by atoms with Gasteiger partial charge in [-0.2, -0.15) is 0 Å². The summed E-state index contributed by atoms with van der Waals surface area (Å²) in [5, 5.41) is 1.65. The fourth-order valence-electron chi connectivity index (χ4n) is 5.46. The van der Waals surface area contributed by atoms with Crippen LogP contribution in [0.3, 0.4) is 0 Å². The number of nitrogens with zero attached hydrogens (tertiary/aromatic N) is 2. The van der Waals surface area contributed by atoms with Crippen molar-refractivity contribution in [1.82, 2.24) is 5.06 Å². The first-order valence-corrected chi connectivity index (χ1v) is 10.2. The monoisotopic (exact) mass is 413 g/mol. The first-order valence-electron chi connectivity index (χ1n) is 9.45. The van der Waals surface area contributed by atoms with Gasteiger partial charge in [0.15, 0.2) is 0 Å². The zero-order valence-electron chi connectivity index (χ0n) is 15.0. The second kappa shape index (κ2) is 5.70. The summed E-state index contributed by atoms with van der Waals surface area (Å²) in [6, 6.07) is 6.53. The standard InChI is InChI=1S/C21H24BrN3O/c1-25-19(23)24-21(26-25)18-12-17(22)7-6-16(18)13-20(21)10-8-14-4-2-3-5-15(14)9-11-20/h2-7,12,14-15H,8-11,13H2,1H3,(H2,23,24). The Kier molecular flexibility index (Phi) is 3.63. The van der Waals surface area contributed by atoms with Gasteiger partial charge in [0.1, 0.15) is 0 Å². The highest BCUT2D eigenvalue weighted by atomic mass is 79.9. The quantitative estimate of drug-likeness (QED) is 0.690. The van der Waals surface area contributed by atoms with Gasteiger partial charge >= 0.3 is 0 Å². The maximum absolute atomic E-state index is 6.45. The minimum absolute atomic E-state index is 0.0372. The molecule has 1 aliphatic heterocycles. The zero-order valence-corrected chi connectivity index (χ0v) is 16.6. The number of fused-ring (bicyclic) bond motifs is 4. The van der Waals surface area contributed by atoms with Gasteiger partial charge in [0, 0.05) is 22.5 Å². The van der Waals surface area contributed by atoms with Crippen molar-refractivity contribution in [2.24, 2.45) is 28.0 Å². The minimum Gasteiger partial charge on any atom is -0.368 e. The van der Waals surface area contributed by atoms with Crippen molar-refractivity contribution in [3.63, 3.8) is 0 Å². The normalized spacial score (nSPS) is 37.8. The van der Waals surface area contributed by atoms with Crippen LogP contribution in [-0.4, -0.2) is 18.1 Å². The van der Waals surface area contributed by atoms with Crippen LogP contribution >= 0.6 is 15.9 Å². The van der Waals surface area contributed by atoms with Gasteiger partial charge in [0.2, 0.25) is 11.7 Å². The number of rotatable bonds is 0. The van der Waals surface area contributed by atoms with Gasteiger partial charge in [-0.15, -0.1) is 0 Å². The average molecular weight is 414 g/mol. The first kappa shape index (κ1) is 16.6. The third-order valence-electron chi connectivity index (χ3n) is 6.84. The van der Waals surface area contributed by atoms with Crippen molar-refractivity contribution in [3.8, 4) is 0 Å². The summed E-state index contributed by atoms with van der Waals surface area (Å²) in [6.07, 6.45) is 14.7. The smallest absolute Gasteiger partial charge is 0.220 e. The number of allylic oxidation sites excluding steroid dienone is 4. The lowest BCUT2D eigenvalue weighted by Crippen LogP contribution is -2.43. The van der Waals surface area contributed by atoms with Crippen molar-refractivity contribution < 1.29 is 4.84 Å². The number of hydrogen-bond acceptors (Lipinski definition) is 4. The summed E-state index contributed by atoms with van der Waals surface area (Å²) in [5.74, 6) is 1.73. The number of benzene rings is 1. The van der Waals surface area contributed by atoms with Gasteiger partial charge < -0.3 is 5.73 Å². The lowest BCUT2D eigenvalue weighted by Gasteiger charge is -2.40. The predicted molar refractivity (Wildman–Crippen MR) is 106 cm³/mol. The van der Waals surface area contributed by atoms with Gasteiger partial charge in [-0.1, -0.05) is 46.3 Å². The van der Waals surface area contributed by atoms with Gasteiger partial charge in [-0.25, -0.2) is 14.9 Å². The van der Waals surface area contributed by atoms with Crippen molar-refractivity contribution >= 4 is 21.9 Å². The highest BCUT2D eigenvalue weighted by Crippen LogP contribution is 2.62. The average Bonchev–Trinajstić information content (AvgIpc) is 2.98. The first-order chi connectivity index (χ1) is 12.5. The number of aliphatic imine (C=N–C) groups is 1. The molecule has 2 N–H and O–H groups in total. The van der Waals surface area contributed by atoms with Crippen LogP contribution in [0.15, 0.2) is 52.0 Å². The Labute approximate surface area is 162 Å². The molecule has 3 aliphatic carbocycles. The van der Waals surface area contributed by atoms with E-state index in [1.54, 1.807) is 5.06 Å². The third-order valence-corrected chi connectivity index (χ3v) is 7.33. The Morgan fingerprint density at radius 1 is 1.19 bits per heavy atom. The number of guanidine groups is 1. The van der Waals surface area contributed by atoms with E-state index in [0.29, 0.717) is 17.8 Å². The second-order valence-corrected chi connectivity index (χ2v) is 9.05. The van der Waals surface area contributed by atoms with Gasteiger partial charge in [0.05, 0.1) is 0 Å². The third kappa shape index (κ3) is 2.20. The van der Waals surface area contributed by atoms with Crippen LogP contribution < -0.4 is 5.73 Å². The molecule has 0 aromatic heterocycles. The Balaban J connectivity index is 1.62.